The number of hydrogen-bond acceptors (Lipinski definition) is 6. The first-order valence-electron chi connectivity index (χ1n) is 13.2. The maximum Gasteiger partial charge on any atom is 0.255 e. The van der Waals surface area contributed by atoms with Crippen LogP contribution in [-0.4, -0.2) is 56.7 Å². The molecule has 2 aromatic carbocycles. The van der Waals surface area contributed by atoms with Crippen molar-refractivity contribution < 1.29 is 23.9 Å². The van der Waals surface area contributed by atoms with Crippen molar-refractivity contribution in [1.29, 1.82) is 0 Å². The molecule has 9 heteroatoms. The first-order chi connectivity index (χ1) is 18.7. The van der Waals surface area contributed by atoms with Crippen LogP contribution in [0.1, 0.15) is 59.3 Å². The number of rotatable bonds is 5. The second-order valence-electron chi connectivity index (χ2n) is 10.7. The van der Waals surface area contributed by atoms with E-state index < -0.39 is 35.3 Å². The molecule has 0 radical (unpaired) electrons. The smallest absolute Gasteiger partial charge is 0.255 e. The molecule has 8 nitrogen and oxygen atoms in total. The van der Waals surface area contributed by atoms with Crippen molar-refractivity contribution in [2.24, 2.45) is 0 Å². The minimum absolute atomic E-state index is 0.132. The zero-order chi connectivity index (χ0) is 27.3. The molecule has 0 unspecified atom stereocenters. The number of β-amino-alcohol motifs (C(OH)–C–C–N with tert-alkyl or cyclic N) is 1. The van der Waals surface area contributed by atoms with Crippen molar-refractivity contribution in [1.82, 2.24) is 20.1 Å². The molecule has 2 saturated heterocycles. The zero-order valence-corrected chi connectivity index (χ0v) is 21.6. The monoisotopic (exact) mass is 528 g/mol. The lowest BCUT2D eigenvalue weighted by molar-refractivity contribution is -0.137. The average Bonchev–Trinajstić information content (AvgIpc) is 3.43. The number of aromatic nitrogens is 1. The van der Waals surface area contributed by atoms with E-state index in [1.807, 2.05) is 42.5 Å². The molecule has 200 valence electrons. The second-order valence-corrected chi connectivity index (χ2v) is 10.7. The van der Waals surface area contributed by atoms with E-state index in [0.29, 0.717) is 25.2 Å². The minimum atomic E-state index is -0.902. The SMILES string of the molecule is C[C@@H]1c2c(ccc(-c3cc(CN4CC[C@](O)(c5ccccc5)C4)ccn3)c2F)C(=O)N1[C@H]1CCC(=O)NC1=O. The van der Waals surface area contributed by atoms with E-state index in [1.54, 1.807) is 25.3 Å². The highest BCUT2D eigenvalue weighted by atomic mass is 19.1. The Morgan fingerprint density at radius 1 is 1.10 bits per heavy atom. The quantitative estimate of drug-likeness (QED) is 0.493. The molecule has 6 rings (SSSR count). The molecule has 2 fully saturated rings. The van der Waals surface area contributed by atoms with Gasteiger partial charge in [-0.15, -0.1) is 0 Å². The van der Waals surface area contributed by atoms with Gasteiger partial charge < -0.3 is 10.0 Å². The van der Waals surface area contributed by atoms with Crippen molar-refractivity contribution in [3.05, 3.63) is 88.9 Å². The minimum Gasteiger partial charge on any atom is -0.384 e. The number of piperidine rings is 1. The third-order valence-electron chi connectivity index (χ3n) is 8.17. The first kappa shape index (κ1) is 25.3. The van der Waals surface area contributed by atoms with E-state index in [2.05, 4.69) is 15.2 Å². The predicted molar refractivity (Wildman–Crippen MR) is 141 cm³/mol. The van der Waals surface area contributed by atoms with Crippen LogP contribution in [0.15, 0.2) is 60.8 Å². The van der Waals surface area contributed by atoms with Crippen molar-refractivity contribution in [2.45, 2.75) is 50.4 Å². The maximum absolute atomic E-state index is 16.0. The van der Waals surface area contributed by atoms with Crippen LogP contribution in [0, 0.1) is 5.82 Å². The molecule has 3 aliphatic rings. The standard InChI is InChI=1S/C30H29FN4O4/c1-18-26-22(29(38)35(18)24-9-10-25(36)33-28(24)37)8-7-21(27(26)31)23-15-19(11-13-32-23)16-34-14-12-30(39,17-34)20-5-3-2-4-6-20/h2-8,11,13,15,18,24,39H,9-10,12,14,16-17H2,1H3,(H,33,36,37)/t18-,24+,30-/m1/s1. The molecular weight excluding hydrogens is 499 g/mol. The Morgan fingerprint density at radius 2 is 1.87 bits per heavy atom. The van der Waals surface area contributed by atoms with Gasteiger partial charge in [-0.1, -0.05) is 30.3 Å². The Bertz CT molecular complexity index is 1480. The van der Waals surface area contributed by atoms with Gasteiger partial charge in [0.25, 0.3) is 5.91 Å². The normalized spacial score (nSPS) is 25.2. The predicted octanol–water partition coefficient (Wildman–Crippen LogP) is 3.30. The molecule has 0 saturated carbocycles. The number of carbonyl (C=O) groups is 3. The number of nitrogens with one attached hydrogen (secondary N) is 1. The molecule has 3 aromatic rings. The summed E-state index contributed by atoms with van der Waals surface area (Å²) in [6.07, 6.45) is 2.61. The Balaban J connectivity index is 1.23. The number of aliphatic hydroxyl groups is 1. The molecule has 3 atom stereocenters. The molecule has 1 aromatic heterocycles. The van der Waals surface area contributed by atoms with Gasteiger partial charge in [0.15, 0.2) is 0 Å². The number of amides is 3. The molecular formula is C30H29FN4O4. The van der Waals surface area contributed by atoms with Crippen LogP contribution < -0.4 is 5.32 Å². The van der Waals surface area contributed by atoms with Gasteiger partial charge in [-0.25, -0.2) is 4.39 Å². The lowest BCUT2D eigenvalue weighted by Crippen LogP contribution is -2.53. The molecule has 4 heterocycles. The van der Waals surface area contributed by atoms with Gasteiger partial charge in [-0.2, -0.15) is 0 Å². The van der Waals surface area contributed by atoms with Gasteiger partial charge in [0.1, 0.15) is 17.5 Å². The van der Waals surface area contributed by atoms with Crippen molar-refractivity contribution >= 4 is 17.7 Å². The Morgan fingerprint density at radius 3 is 2.64 bits per heavy atom. The summed E-state index contributed by atoms with van der Waals surface area (Å²) < 4.78 is 16.0. The molecule has 0 spiro atoms. The van der Waals surface area contributed by atoms with Crippen LogP contribution in [0.25, 0.3) is 11.3 Å². The van der Waals surface area contributed by atoms with E-state index in [9.17, 15) is 19.5 Å². The van der Waals surface area contributed by atoms with Gasteiger partial charge in [-0.3, -0.25) is 29.6 Å². The van der Waals surface area contributed by atoms with E-state index in [0.717, 1.165) is 17.7 Å². The highest BCUT2D eigenvalue weighted by Crippen LogP contribution is 2.41. The molecule has 2 N–H and O–H groups in total. The number of benzene rings is 2. The summed E-state index contributed by atoms with van der Waals surface area (Å²) in [5.41, 5.74) is 2.13. The van der Waals surface area contributed by atoms with Gasteiger partial charge in [-0.05, 0) is 55.2 Å². The number of fused-ring (bicyclic) bond motifs is 1. The fraction of sp³-hybridized carbons (Fsp3) is 0.333. The van der Waals surface area contributed by atoms with Crippen molar-refractivity contribution in [2.75, 3.05) is 13.1 Å². The fourth-order valence-corrected chi connectivity index (χ4v) is 6.17. The zero-order valence-electron chi connectivity index (χ0n) is 21.6. The summed E-state index contributed by atoms with van der Waals surface area (Å²) in [6.45, 7) is 3.50. The summed E-state index contributed by atoms with van der Waals surface area (Å²) in [5.74, 6) is -1.85. The van der Waals surface area contributed by atoms with Gasteiger partial charge in [0, 0.05) is 48.9 Å². The molecule has 3 aliphatic heterocycles. The van der Waals surface area contributed by atoms with Gasteiger partial charge in [0.2, 0.25) is 11.8 Å². The summed E-state index contributed by atoms with van der Waals surface area (Å²) >= 11 is 0. The highest BCUT2D eigenvalue weighted by Gasteiger charge is 2.45. The number of halogens is 1. The lowest BCUT2D eigenvalue weighted by Gasteiger charge is -2.32. The number of hydrogen-bond donors (Lipinski definition) is 2. The van der Waals surface area contributed by atoms with E-state index >= 15 is 4.39 Å². The molecule has 39 heavy (non-hydrogen) atoms. The van der Waals surface area contributed by atoms with Crippen LogP contribution in [0.4, 0.5) is 4.39 Å². The van der Waals surface area contributed by atoms with E-state index in [4.69, 9.17) is 0 Å². The second kappa shape index (κ2) is 9.66. The number of pyridine rings is 1. The largest absolute Gasteiger partial charge is 0.384 e. The van der Waals surface area contributed by atoms with Crippen LogP contribution in [0.2, 0.25) is 0 Å². The van der Waals surface area contributed by atoms with Crippen LogP contribution in [0.3, 0.4) is 0 Å². The maximum atomic E-state index is 16.0. The Kier molecular flexibility index (Phi) is 6.28. The molecule has 0 bridgehead atoms. The summed E-state index contributed by atoms with van der Waals surface area (Å²) in [5, 5.41) is 13.5. The average molecular weight is 529 g/mol. The van der Waals surface area contributed by atoms with Crippen molar-refractivity contribution in [3.63, 3.8) is 0 Å². The highest BCUT2D eigenvalue weighted by molar-refractivity contribution is 6.06. The Labute approximate surface area is 225 Å². The number of imide groups is 1. The summed E-state index contributed by atoms with van der Waals surface area (Å²) in [7, 11) is 0. The summed E-state index contributed by atoms with van der Waals surface area (Å²) in [4.78, 5) is 45.2. The fourth-order valence-electron chi connectivity index (χ4n) is 6.17. The lowest BCUT2D eigenvalue weighted by atomic mass is 9.93. The third kappa shape index (κ3) is 4.41. The van der Waals surface area contributed by atoms with Gasteiger partial charge in [0.05, 0.1) is 11.7 Å². The van der Waals surface area contributed by atoms with E-state index in [-0.39, 0.29) is 35.4 Å². The van der Waals surface area contributed by atoms with Crippen LogP contribution in [-0.2, 0) is 21.7 Å². The van der Waals surface area contributed by atoms with Crippen LogP contribution >= 0.6 is 0 Å². The molecule has 0 aliphatic carbocycles. The third-order valence-corrected chi connectivity index (χ3v) is 8.17. The number of nitrogens with zero attached hydrogens (tertiary/aromatic N) is 3. The summed E-state index contributed by atoms with van der Waals surface area (Å²) in [6, 6.07) is 15.0. The number of likely N-dealkylation sites (tertiary alicyclic amines) is 1. The van der Waals surface area contributed by atoms with Gasteiger partial charge >= 0.3 is 0 Å². The first-order valence-corrected chi connectivity index (χ1v) is 13.2. The molecule has 3 amide bonds. The van der Waals surface area contributed by atoms with Crippen molar-refractivity contribution in [3.8, 4) is 11.3 Å². The van der Waals surface area contributed by atoms with Crippen LogP contribution in [0.5, 0.6) is 0 Å². The Hall–Kier alpha value is -3.95. The topological polar surface area (TPSA) is 103 Å². The number of carbonyl (C=O) groups excluding carboxylic acids is 3. The van der Waals surface area contributed by atoms with E-state index in [1.165, 1.54) is 4.90 Å².